The molecule has 0 bridgehead atoms. The van der Waals surface area contributed by atoms with E-state index in [4.69, 9.17) is 5.11 Å². The lowest BCUT2D eigenvalue weighted by atomic mass is 9.70. The molecular formula is C16H29NO2. The van der Waals surface area contributed by atoms with Gasteiger partial charge in [0.25, 0.3) is 0 Å². The predicted octanol–water partition coefficient (Wildman–Crippen LogP) is 3.39. The van der Waals surface area contributed by atoms with Crippen LogP contribution >= 0.6 is 0 Å². The lowest BCUT2D eigenvalue weighted by molar-refractivity contribution is -0.138. The first-order valence-corrected chi connectivity index (χ1v) is 7.83. The number of piperidine rings is 1. The van der Waals surface area contributed by atoms with Gasteiger partial charge in [0.1, 0.15) is 0 Å². The van der Waals surface area contributed by atoms with Crippen molar-refractivity contribution in [3.8, 4) is 0 Å². The summed E-state index contributed by atoms with van der Waals surface area (Å²) in [7, 11) is 0. The monoisotopic (exact) mass is 267 g/mol. The zero-order valence-electron chi connectivity index (χ0n) is 12.7. The Balaban J connectivity index is 1.92. The first-order chi connectivity index (χ1) is 8.87. The van der Waals surface area contributed by atoms with Gasteiger partial charge in [0.2, 0.25) is 0 Å². The van der Waals surface area contributed by atoms with Crippen LogP contribution in [0.2, 0.25) is 0 Å². The van der Waals surface area contributed by atoms with Crippen molar-refractivity contribution in [1.82, 2.24) is 4.90 Å². The smallest absolute Gasteiger partial charge is 0.303 e. The molecule has 0 aromatic heterocycles. The Morgan fingerprint density at radius 1 is 1.37 bits per heavy atom. The molecule has 2 aliphatic rings. The molecule has 19 heavy (non-hydrogen) atoms. The second-order valence-electron chi connectivity index (χ2n) is 7.55. The van der Waals surface area contributed by atoms with Crippen LogP contribution in [-0.4, -0.2) is 35.1 Å². The Bertz CT molecular complexity index is 327. The van der Waals surface area contributed by atoms with Gasteiger partial charge in [0.15, 0.2) is 0 Å². The summed E-state index contributed by atoms with van der Waals surface area (Å²) in [4.78, 5) is 13.5. The number of likely N-dealkylation sites (tertiary alicyclic amines) is 1. The molecule has 1 heterocycles. The molecule has 1 saturated carbocycles. The number of hydrogen-bond donors (Lipinski definition) is 1. The number of carbonyl (C=O) groups is 1. The van der Waals surface area contributed by atoms with E-state index in [0.29, 0.717) is 23.8 Å². The van der Waals surface area contributed by atoms with Crippen molar-refractivity contribution in [2.75, 3.05) is 13.1 Å². The maximum Gasteiger partial charge on any atom is 0.303 e. The van der Waals surface area contributed by atoms with Crippen LogP contribution in [0.15, 0.2) is 0 Å². The minimum atomic E-state index is -0.635. The Hall–Kier alpha value is -0.570. The fourth-order valence-electron chi connectivity index (χ4n) is 4.29. The van der Waals surface area contributed by atoms with Crippen LogP contribution in [-0.2, 0) is 4.79 Å². The van der Waals surface area contributed by atoms with E-state index in [1.54, 1.807) is 0 Å². The van der Waals surface area contributed by atoms with Crippen molar-refractivity contribution in [2.45, 2.75) is 65.3 Å². The molecule has 0 aromatic rings. The van der Waals surface area contributed by atoms with E-state index >= 15 is 0 Å². The summed E-state index contributed by atoms with van der Waals surface area (Å²) in [5.41, 5.74) is 0.492. The lowest BCUT2D eigenvalue weighted by Crippen LogP contribution is -2.49. The summed E-state index contributed by atoms with van der Waals surface area (Å²) in [5, 5.41) is 8.96. The molecule has 3 unspecified atom stereocenters. The van der Waals surface area contributed by atoms with Gasteiger partial charge in [-0.1, -0.05) is 20.8 Å². The molecule has 3 heteroatoms. The topological polar surface area (TPSA) is 40.5 Å². The largest absolute Gasteiger partial charge is 0.481 e. The van der Waals surface area contributed by atoms with Gasteiger partial charge in [-0.15, -0.1) is 0 Å². The highest BCUT2D eigenvalue weighted by atomic mass is 16.4. The number of aliphatic carboxylic acids is 1. The molecule has 0 amide bonds. The first-order valence-electron chi connectivity index (χ1n) is 7.83. The fourth-order valence-corrected chi connectivity index (χ4v) is 4.29. The molecule has 1 saturated heterocycles. The normalized spacial score (nSPS) is 36.1. The van der Waals surface area contributed by atoms with Crippen LogP contribution in [0.5, 0.6) is 0 Å². The molecule has 1 aliphatic carbocycles. The summed E-state index contributed by atoms with van der Waals surface area (Å²) in [6.45, 7) is 9.31. The van der Waals surface area contributed by atoms with Crippen molar-refractivity contribution in [3.63, 3.8) is 0 Å². The number of hydrogen-bond acceptors (Lipinski definition) is 2. The highest BCUT2D eigenvalue weighted by Crippen LogP contribution is 2.41. The van der Waals surface area contributed by atoms with Crippen LogP contribution < -0.4 is 0 Å². The van der Waals surface area contributed by atoms with Crippen molar-refractivity contribution in [1.29, 1.82) is 0 Å². The quantitative estimate of drug-likeness (QED) is 0.852. The second-order valence-corrected chi connectivity index (χ2v) is 7.55. The molecule has 3 atom stereocenters. The average Bonchev–Trinajstić information content (AvgIpc) is 2.27. The average molecular weight is 267 g/mol. The van der Waals surface area contributed by atoms with E-state index < -0.39 is 5.97 Å². The van der Waals surface area contributed by atoms with E-state index in [0.717, 1.165) is 18.9 Å². The van der Waals surface area contributed by atoms with E-state index in [-0.39, 0.29) is 0 Å². The third kappa shape index (κ3) is 3.95. The summed E-state index contributed by atoms with van der Waals surface area (Å²) in [6, 6.07) is 0.685. The lowest BCUT2D eigenvalue weighted by Gasteiger charge is -2.47. The van der Waals surface area contributed by atoms with Gasteiger partial charge >= 0.3 is 5.97 Å². The van der Waals surface area contributed by atoms with E-state index in [9.17, 15) is 4.79 Å². The van der Waals surface area contributed by atoms with Gasteiger partial charge < -0.3 is 5.11 Å². The van der Waals surface area contributed by atoms with Gasteiger partial charge in [-0.05, 0) is 55.9 Å². The first kappa shape index (κ1) is 14.8. The van der Waals surface area contributed by atoms with Crippen molar-refractivity contribution in [2.24, 2.45) is 17.3 Å². The highest BCUT2D eigenvalue weighted by molar-refractivity contribution is 5.67. The molecule has 1 aliphatic heterocycles. The van der Waals surface area contributed by atoms with Gasteiger partial charge in [0.05, 0.1) is 0 Å². The fraction of sp³-hybridized carbons (Fsp3) is 0.938. The summed E-state index contributed by atoms with van der Waals surface area (Å²) in [5.74, 6) is 0.477. The molecule has 3 nitrogen and oxygen atoms in total. The zero-order chi connectivity index (χ0) is 14.0. The van der Waals surface area contributed by atoms with E-state index in [1.807, 2.05) is 0 Å². The second kappa shape index (κ2) is 5.82. The summed E-state index contributed by atoms with van der Waals surface area (Å²) in [6.07, 6.45) is 6.51. The summed E-state index contributed by atoms with van der Waals surface area (Å²) < 4.78 is 0. The van der Waals surface area contributed by atoms with E-state index in [2.05, 4.69) is 25.7 Å². The Morgan fingerprint density at radius 2 is 2.11 bits per heavy atom. The summed E-state index contributed by atoms with van der Waals surface area (Å²) >= 11 is 0. The van der Waals surface area contributed by atoms with Crippen molar-refractivity contribution >= 4 is 5.97 Å². The van der Waals surface area contributed by atoms with Crippen LogP contribution in [0, 0.1) is 17.3 Å². The number of carboxylic acids is 1. The molecule has 2 fully saturated rings. The zero-order valence-corrected chi connectivity index (χ0v) is 12.7. The molecule has 110 valence electrons. The Kier molecular flexibility index (Phi) is 4.54. The molecule has 0 radical (unpaired) electrons. The van der Waals surface area contributed by atoms with Gasteiger partial charge in [-0.25, -0.2) is 0 Å². The number of nitrogens with zero attached hydrogens (tertiary/aromatic N) is 1. The third-order valence-corrected chi connectivity index (χ3v) is 5.13. The molecule has 1 N–H and O–H groups in total. The number of rotatable bonds is 3. The van der Waals surface area contributed by atoms with Gasteiger partial charge in [-0.2, -0.15) is 0 Å². The van der Waals surface area contributed by atoms with Crippen molar-refractivity contribution < 1.29 is 9.90 Å². The standard InChI is InChI=1S/C16H29NO2/c1-12-10-16(2,3)7-6-14(12)17-8-4-5-13(11-17)9-15(18)19/h12-14H,4-11H2,1-3H3,(H,18,19). The van der Waals surface area contributed by atoms with Crippen molar-refractivity contribution in [3.05, 3.63) is 0 Å². The van der Waals surface area contributed by atoms with Gasteiger partial charge in [0, 0.05) is 19.0 Å². The molecule has 0 spiro atoms. The molecule has 0 aromatic carbocycles. The van der Waals surface area contributed by atoms with Crippen LogP contribution in [0.3, 0.4) is 0 Å². The van der Waals surface area contributed by atoms with Crippen LogP contribution in [0.4, 0.5) is 0 Å². The predicted molar refractivity (Wildman–Crippen MR) is 77.1 cm³/mol. The van der Waals surface area contributed by atoms with Gasteiger partial charge in [-0.3, -0.25) is 9.69 Å². The van der Waals surface area contributed by atoms with Crippen LogP contribution in [0.1, 0.15) is 59.3 Å². The van der Waals surface area contributed by atoms with Crippen LogP contribution in [0.25, 0.3) is 0 Å². The molecule has 2 rings (SSSR count). The number of carboxylic acid groups (broad SMARTS) is 1. The Labute approximate surface area is 117 Å². The maximum atomic E-state index is 10.9. The molecular weight excluding hydrogens is 238 g/mol. The third-order valence-electron chi connectivity index (χ3n) is 5.13. The highest BCUT2D eigenvalue weighted by Gasteiger charge is 2.37. The SMILES string of the molecule is CC1CC(C)(C)CCC1N1CCCC(CC(=O)O)C1. The Morgan fingerprint density at radius 3 is 2.74 bits per heavy atom. The van der Waals surface area contributed by atoms with E-state index in [1.165, 1.54) is 32.2 Å². The maximum absolute atomic E-state index is 10.9. The minimum absolute atomic E-state index is 0.350. The minimum Gasteiger partial charge on any atom is -0.481 e.